The Morgan fingerprint density at radius 2 is 2.21 bits per heavy atom. The van der Waals surface area contributed by atoms with Crippen molar-refractivity contribution in [1.82, 2.24) is 14.7 Å². The predicted octanol–water partition coefficient (Wildman–Crippen LogP) is 2.19. The van der Waals surface area contributed by atoms with Gasteiger partial charge in [0.25, 0.3) is 0 Å². The van der Waals surface area contributed by atoms with Crippen molar-refractivity contribution in [2.75, 3.05) is 12.3 Å². The number of nitrogens with two attached hydrogens (primary N) is 1. The molecule has 106 valence electrons. The molecule has 2 atom stereocenters. The van der Waals surface area contributed by atoms with Crippen molar-refractivity contribution in [3.63, 3.8) is 0 Å². The van der Waals surface area contributed by atoms with Crippen molar-refractivity contribution in [2.24, 2.45) is 5.41 Å². The highest BCUT2D eigenvalue weighted by Gasteiger charge is 2.42. The molecule has 0 radical (unpaired) electrons. The fraction of sp³-hybridized carbons (Fsp3) is 0.692. The van der Waals surface area contributed by atoms with Crippen LogP contribution >= 0.6 is 0 Å². The molecule has 0 aromatic carbocycles. The summed E-state index contributed by atoms with van der Waals surface area (Å²) in [5, 5.41) is 13.7. The van der Waals surface area contributed by atoms with E-state index in [1.54, 1.807) is 17.3 Å². The van der Waals surface area contributed by atoms with Gasteiger partial charge in [0.2, 0.25) is 0 Å². The Morgan fingerprint density at radius 1 is 1.53 bits per heavy atom. The summed E-state index contributed by atoms with van der Waals surface area (Å²) in [6, 6.07) is -0.0554. The Labute approximate surface area is 113 Å². The molecule has 2 rings (SSSR count). The van der Waals surface area contributed by atoms with Crippen LogP contribution in [0.25, 0.3) is 0 Å². The standard InChI is InChI=1S/C13H22N4O2/c1-13(2,3)11-10(17-8-9(14)7-15-17)5-4-6-16(11)12(18)19/h7-8,10-11H,4-6,14H2,1-3H3,(H,18,19). The highest BCUT2D eigenvalue weighted by atomic mass is 16.4. The average molecular weight is 266 g/mol. The molecule has 1 aliphatic heterocycles. The number of carbonyl (C=O) groups is 1. The van der Waals surface area contributed by atoms with Crippen LogP contribution in [0, 0.1) is 5.41 Å². The first kappa shape index (κ1) is 13.7. The summed E-state index contributed by atoms with van der Waals surface area (Å²) in [6.07, 6.45) is 4.31. The molecule has 1 fully saturated rings. The van der Waals surface area contributed by atoms with E-state index < -0.39 is 6.09 Å². The number of nitrogens with zero attached hydrogens (tertiary/aromatic N) is 3. The zero-order valence-electron chi connectivity index (χ0n) is 11.7. The molecular formula is C13H22N4O2. The minimum atomic E-state index is -0.857. The number of likely N-dealkylation sites (tertiary alicyclic amines) is 1. The number of piperidine rings is 1. The van der Waals surface area contributed by atoms with Gasteiger partial charge in [-0.3, -0.25) is 4.68 Å². The van der Waals surface area contributed by atoms with Crippen LogP contribution < -0.4 is 5.73 Å². The maximum atomic E-state index is 11.5. The molecule has 3 N–H and O–H groups in total. The fourth-order valence-corrected chi connectivity index (χ4v) is 3.05. The van der Waals surface area contributed by atoms with E-state index >= 15 is 0 Å². The number of hydrogen-bond acceptors (Lipinski definition) is 3. The Kier molecular flexibility index (Phi) is 3.43. The van der Waals surface area contributed by atoms with Crippen LogP contribution in [0.4, 0.5) is 10.5 Å². The van der Waals surface area contributed by atoms with E-state index in [9.17, 15) is 9.90 Å². The second-order valence-electron chi connectivity index (χ2n) is 6.25. The van der Waals surface area contributed by atoms with E-state index in [4.69, 9.17) is 5.73 Å². The largest absolute Gasteiger partial charge is 0.465 e. The van der Waals surface area contributed by atoms with Gasteiger partial charge in [0, 0.05) is 12.7 Å². The van der Waals surface area contributed by atoms with Gasteiger partial charge in [-0.2, -0.15) is 5.10 Å². The normalized spacial score (nSPS) is 24.5. The van der Waals surface area contributed by atoms with Crippen molar-refractivity contribution in [3.8, 4) is 0 Å². The van der Waals surface area contributed by atoms with Gasteiger partial charge in [-0.25, -0.2) is 4.79 Å². The molecule has 0 saturated carbocycles. The highest BCUT2D eigenvalue weighted by molar-refractivity contribution is 5.65. The molecule has 1 saturated heterocycles. The number of anilines is 1. The van der Waals surface area contributed by atoms with Crippen LogP contribution in [0.3, 0.4) is 0 Å². The number of hydrogen-bond donors (Lipinski definition) is 2. The number of carboxylic acid groups (broad SMARTS) is 1. The van der Waals surface area contributed by atoms with Gasteiger partial charge in [0.1, 0.15) is 0 Å². The molecule has 1 aromatic heterocycles. The zero-order valence-corrected chi connectivity index (χ0v) is 11.7. The number of aromatic nitrogens is 2. The number of rotatable bonds is 1. The van der Waals surface area contributed by atoms with Crippen LogP contribution in [0.15, 0.2) is 12.4 Å². The number of amides is 1. The van der Waals surface area contributed by atoms with Gasteiger partial charge in [-0.05, 0) is 18.3 Å². The average Bonchev–Trinajstić information content (AvgIpc) is 2.73. The monoisotopic (exact) mass is 266 g/mol. The predicted molar refractivity (Wildman–Crippen MR) is 72.9 cm³/mol. The molecule has 1 amide bonds. The van der Waals surface area contributed by atoms with Gasteiger partial charge >= 0.3 is 6.09 Å². The molecule has 1 aliphatic rings. The second-order valence-corrected chi connectivity index (χ2v) is 6.25. The first-order valence-corrected chi connectivity index (χ1v) is 6.60. The van der Waals surface area contributed by atoms with E-state index in [0.717, 1.165) is 12.8 Å². The summed E-state index contributed by atoms with van der Waals surface area (Å²) in [4.78, 5) is 13.0. The summed E-state index contributed by atoms with van der Waals surface area (Å²) in [6.45, 7) is 6.79. The van der Waals surface area contributed by atoms with E-state index in [2.05, 4.69) is 25.9 Å². The van der Waals surface area contributed by atoms with Crippen LogP contribution in [0.1, 0.15) is 39.7 Å². The quantitative estimate of drug-likeness (QED) is 0.816. The van der Waals surface area contributed by atoms with Crippen molar-refractivity contribution in [1.29, 1.82) is 0 Å². The summed E-state index contributed by atoms with van der Waals surface area (Å²) in [7, 11) is 0. The lowest BCUT2D eigenvalue weighted by Gasteiger charge is -2.46. The van der Waals surface area contributed by atoms with E-state index in [-0.39, 0.29) is 17.5 Å². The van der Waals surface area contributed by atoms with E-state index in [0.29, 0.717) is 12.2 Å². The van der Waals surface area contributed by atoms with Crippen LogP contribution in [0.5, 0.6) is 0 Å². The van der Waals surface area contributed by atoms with Crippen molar-refractivity contribution in [3.05, 3.63) is 12.4 Å². The molecule has 19 heavy (non-hydrogen) atoms. The maximum absolute atomic E-state index is 11.5. The van der Waals surface area contributed by atoms with E-state index in [1.165, 1.54) is 0 Å². The van der Waals surface area contributed by atoms with Gasteiger partial charge in [0.15, 0.2) is 0 Å². The molecule has 0 aliphatic carbocycles. The summed E-state index contributed by atoms with van der Waals surface area (Å²) < 4.78 is 1.82. The lowest BCUT2D eigenvalue weighted by atomic mass is 9.78. The summed E-state index contributed by atoms with van der Waals surface area (Å²) in [5.74, 6) is 0. The molecule has 1 aromatic rings. The van der Waals surface area contributed by atoms with Gasteiger partial charge in [-0.1, -0.05) is 20.8 Å². The molecule has 6 heteroatoms. The number of nitrogen functional groups attached to an aromatic ring is 1. The minimum absolute atomic E-state index is 0.0437. The van der Waals surface area contributed by atoms with Gasteiger partial charge in [0.05, 0.1) is 24.0 Å². The molecule has 2 heterocycles. The first-order chi connectivity index (χ1) is 8.80. The Balaban J connectivity index is 2.37. The zero-order chi connectivity index (χ0) is 14.2. The van der Waals surface area contributed by atoms with Crippen LogP contribution in [-0.4, -0.2) is 38.5 Å². The van der Waals surface area contributed by atoms with Gasteiger partial charge < -0.3 is 15.7 Å². The third-order valence-electron chi connectivity index (χ3n) is 3.69. The lowest BCUT2D eigenvalue weighted by Crippen LogP contribution is -2.54. The third kappa shape index (κ3) is 2.67. The minimum Gasteiger partial charge on any atom is -0.465 e. The SMILES string of the molecule is CC(C)(C)C1C(n2cc(N)cn2)CCCN1C(=O)O. The van der Waals surface area contributed by atoms with Gasteiger partial charge in [-0.15, -0.1) is 0 Å². The smallest absolute Gasteiger partial charge is 0.407 e. The third-order valence-corrected chi connectivity index (χ3v) is 3.69. The first-order valence-electron chi connectivity index (χ1n) is 6.60. The molecule has 0 spiro atoms. The maximum Gasteiger partial charge on any atom is 0.407 e. The summed E-state index contributed by atoms with van der Waals surface area (Å²) in [5.41, 5.74) is 6.18. The van der Waals surface area contributed by atoms with Crippen LogP contribution in [0.2, 0.25) is 0 Å². The topological polar surface area (TPSA) is 84.4 Å². The Hall–Kier alpha value is -1.72. The van der Waals surface area contributed by atoms with Crippen molar-refractivity contribution < 1.29 is 9.90 Å². The molecule has 2 unspecified atom stereocenters. The highest BCUT2D eigenvalue weighted by Crippen LogP contribution is 2.38. The van der Waals surface area contributed by atoms with Crippen molar-refractivity contribution >= 4 is 11.8 Å². The molecule has 0 bridgehead atoms. The van der Waals surface area contributed by atoms with Crippen LogP contribution in [-0.2, 0) is 0 Å². The Morgan fingerprint density at radius 3 is 2.68 bits per heavy atom. The Bertz CT molecular complexity index is 463. The fourth-order valence-electron chi connectivity index (χ4n) is 3.05. The molecule has 6 nitrogen and oxygen atoms in total. The lowest BCUT2D eigenvalue weighted by molar-refractivity contribution is 0.0236. The second kappa shape index (κ2) is 4.75. The summed E-state index contributed by atoms with van der Waals surface area (Å²) >= 11 is 0. The van der Waals surface area contributed by atoms with Crippen molar-refractivity contribution in [2.45, 2.75) is 45.7 Å². The van der Waals surface area contributed by atoms with E-state index in [1.807, 2.05) is 4.68 Å². The molecular weight excluding hydrogens is 244 g/mol.